The van der Waals surface area contributed by atoms with Crippen molar-refractivity contribution in [2.75, 3.05) is 25.1 Å². The van der Waals surface area contributed by atoms with Gasteiger partial charge in [-0.25, -0.2) is 0 Å². The highest BCUT2D eigenvalue weighted by Gasteiger charge is 2.33. The standard InChI is InChI=1S/C14H24N4O2/c1-4-6-15-13-9-20-8-10(13)14(19)16-12-7-18(3)17-11(12)5-2/h7,10,13,15H,4-6,8-9H2,1-3H3,(H,16,19). The minimum atomic E-state index is -0.133. The Morgan fingerprint density at radius 3 is 3.00 bits per heavy atom. The van der Waals surface area contributed by atoms with Crippen molar-refractivity contribution in [3.05, 3.63) is 11.9 Å². The summed E-state index contributed by atoms with van der Waals surface area (Å²) in [6, 6.07) is 0.108. The first-order chi connectivity index (χ1) is 9.65. The summed E-state index contributed by atoms with van der Waals surface area (Å²) in [4.78, 5) is 12.4. The molecule has 0 radical (unpaired) electrons. The molecule has 2 N–H and O–H groups in total. The van der Waals surface area contributed by atoms with Crippen LogP contribution in [-0.2, 0) is 23.0 Å². The van der Waals surface area contributed by atoms with E-state index in [1.165, 1.54) is 0 Å². The second-order valence-corrected chi connectivity index (χ2v) is 5.21. The zero-order chi connectivity index (χ0) is 14.5. The Morgan fingerprint density at radius 1 is 1.50 bits per heavy atom. The maximum Gasteiger partial charge on any atom is 0.231 e. The molecule has 2 rings (SSSR count). The molecule has 1 fully saturated rings. The normalized spacial score (nSPS) is 22.1. The number of rotatable bonds is 6. The van der Waals surface area contributed by atoms with Gasteiger partial charge in [-0.1, -0.05) is 13.8 Å². The second-order valence-electron chi connectivity index (χ2n) is 5.21. The van der Waals surface area contributed by atoms with Crippen molar-refractivity contribution >= 4 is 11.6 Å². The predicted octanol–water partition coefficient (Wildman–Crippen LogP) is 0.936. The minimum absolute atomic E-state index is 0.0128. The van der Waals surface area contributed by atoms with E-state index in [-0.39, 0.29) is 17.9 Å². The number of ether oxygens (including phenoxy) is 1. The van der Waals surface area contributed by atoms with Gasteiger partial charge in [0.25, 0.3) is 0 Å². The van der Waals surface area contributed by atoms with E-state index in [2.05, 4.69) is 22.7 Å². The zero-order valence-electron chi connectivity index (χ0n) is 12.5. The summed E-state index contributed by atoms with van der Waals surface area (Å²) in [5.74, 6) is -0.120. The van der Waals surface area contributed by atoms with Gasteiger partial charge < -0.3 is 15.4 Å². The van der Waals surface area contributed by atoms with Gasteiger partial charge in [0.05, 0.1) is 30.5 Å². The largest absolute Gasteiger partial charge is 0.379 e. The predicted molar refractivity (Wildman–Crippen MR) is 77.6 cm³/mol. The first-order valence-corrected chi connectivity index (χ1v) is 7.30. The minimum Gasteiger partial charge on any atom is -0.379 e. The fourth-order valence-electron chi connectivity index (χ4n) is 2.47. The van der Waals surface area contributed by atoms with Crippen LogP contribution in [0.2, 0.25) is 0 Å². The average Bonchev–Trinajstić information content (AvgIpc) is 3.02. The van der Waals surface area contributed by atoms with Crippen LogP contribution in [0.5, 0.6) is 0 Å². The van der Waals surface area contributed by atoms with Gasteiger partial charge >= 0.3 is 0 Å². The topological polar surface area (TPSA) is 68.2 Å². The van der Waals surface area contributed by atoms with Crippen LogP contribution in [0, 0.1) is 5.92 Å². The summed E-state index contributed by atoms with van der Waals surface area (Å²) in [6.07, 6.45) is 3.70. The lowest BCUT2D eigenvalue weighted by Gasteiger charge is -2.18. The molecule has 112 valence electrons. The molecule has 0 aromatic carbocycles. The molecule has 0 aliphatic carbocycles. The first-order valence-electron chi connectivity index (χ1n) is 7.30. The number of aryl methyl sites for hydroxylation is 2. The smallest absolute Gasteiger partial charge is 0.231 e. The van der Waals surface area contributed by atoms with Gasteiger partial charge in [-0.3, -0.25) is 9.48 Å². The molecule has 1 amide bonds. The van der Waals surface area contributed by atoms with Crippen molar-refractivity contribution in [3.63, 3.8) is 0 Å². The molecule has 6 nitrogen and oxygen atoms in total. The zero-order valence-corrected chi connectivity index (χ0v) is 12.5. The number of nitrogens with one attached hydrogen (secondary N) is 2. The second kappa shape index (κ2) is 6.85. The number of carbonyl (C=O) groups is 1. The monoisotopic (exact) mass is 280 g/mol. The number of amides is 1. The molecule has 0 saturated carbocycles. The van der Waals surface area contributed by atoms with E-state index in [9.17, 15) is 4.79 Å². The van der Waals surface area contributed by atoms with Gasteiger partial charge in [-0.2, -0.15) is 5.10 Å². The summed E-state index contributed by atoms with van der Waals surface area (Å²) in [7, 11) is 1.86. The third-order valence-corrected chi connectivity index (χ3v) is 3.57. The Labute approximate surface area is 119 Å². The number of hydrogen-bond donors (Lipinski definition) is 2. The maximum atomic E-state index is 12.4. The average molecular weight is 280 g/mol. The van der Waals surface area contributed by atoms with Crippen LogP contribution in [0.4, 0.5) is 5.69 Å². The van der Waals surface area contributed by atoms with E-state index in [4.69, 9.17) is 4.74 Å². The van der Waals surface area contributed by atoms with Crippen LogP contribution in [0.3, 0.4) is 0 Å². The van der Waals surface area contributed by atoms with Gasteiger partial charge in [0.15, 0.2) is 0 Å². The Hall–Kier alpha value is -1.40. The molecule has 1 aromatic heterocycles. The van der Waals surface area contributed by atoms with Crippen LogP contribution in [0.25, 0.3) is 0 Å². The Kier molecular flexibility index (Phi) is 5.14. The Balaban J connectivity index is 1.99. The molecule has 1 saturated heterocycles. The van der Waals surface area contributed by atoms with E-state index in [1.54, 1.807) is 4.68 Å². The van der Waals surface area contributed by atoms with Crippen LogP contribution in [-0.4, -0.2) is 41.5 Å². The lowest BCUT2D eigenvalue weighted by molar-refractivity contribution is -0.120. The van der Waals surface area contributed by atoms with Crippen LogP contribution in [0.15, 0.2) is 6.20 Å². The molecular formula is C14H24N4O2. The maximum absolute atomic E-state index is 12.4. The Bertz CT molecular complexity index is 458. The SMILES string of the molecule is CCCNC1COCC1C(=O)Nc1cn(C)nc1CC. The van der Waals surface area contributed by atoms with Crippen molar-refractivity contribution in [1.82, 2.24) is 15.1 Å². The van der Waals surface area contributed by atoms with E-state index >= 15 is 0 Å². The molecule has 1 aliphatic heterocycles. The molecule has 1 aromatic rings. The number of hydrogen-bond acceptors (Lipinski definition) is 4. The molecule has 2 unspecified atom stereocenters. The van der Waals surface area contributed by atoms with Gasteiger partial charge in [0.1, 0.15) is 0 Å². The molecule has 6 heteroatoms. The first kappa shape index (κ1) is 15.0. The van der Waals surface area contributed by atoms with Crippen molar-refractivity contribution in [1.29, 1.82) is 0 Å². The summed E-state index contributed by atoms with van der Waals surface area (Å²) in [6.45, 7) is 6.13. The summed E-state index contributed by atoms with van der Waals surface area (Å²) in [5, 5.41) is 10.7. The highest BCUT2D eigenvalue weighted by molar-refractivity contribution is 5.93. The van der Waals surface area contributed by atoms with Crippen molar-refractivity contribution in [3.8, 4) is 0 Å². The van der Waals surface area contributed by atoms with E-state index in [0.29, 0.717) is 13.2 Å². The van der Waals surface area contributed by atoms with Crippen LogP contribution < -0.4 is 10.6 Å². The third-order valence-electron chi connectivity index (χ3n) is 3.57. The van der Waals surface area contributed by atoms with Crippen molar-refractivity contribution < 1.29 is 9.53 Å². The molecule has 20 heavy (non-hydrogen) atoms. The van der Waals surface area contributed by atoms with Gasteiger partial charge in [-0.05, 0) is 19.4 Å². The fourth-order valence-corrected chi connectivity index (χ4v) is 2.47. The van der Waals surface area contributed by atoms with Crippen molar-refractivity contribution in [2.24, 2.45) is 13.0 Å². The van der Waals surface area contributed by atoms with Gasteiger partial charge in [-0.15, -0.1) is 0 Å². The summed E-state index contributed by atoms with van der Waals surface area (Å²) in [5.41, 5.74) is 1.72. The number of anilines is 1. The molecule has 2 atom stereocenters. The summed E-state index contributed by atoms with van der Waals surface area (Å²) < 4.78 is 7.17. The molecule has 2 heterocycles. The Morgan fingerprint density at radius 2 is 2.30 bits per heavy atom. The fraction of sp³-hybridized carbons (Fsp3) is 0.714. The quantitative estimate of drug-likeness (QED) is 0.813. The van der Waals surface area contributed by atoms with Gasteiger partial charge in [0, 0.05) is 19.3 Å². The third kappa shape index (κ3) is 3.37. The van der Waals surface area contributed by atoms with Gasteiger partial charge in [0.2, 0.25) is 5.91 Å². The van der Waals surface area contributed by atoms with E-state index < -0.39 is 0 Å². The highest BCUT2D eigenvalue weighted by Crippen LogP contribution is 2.19. The molecule has 0 spiro atoms. The number of nitrogens with zero attached hydrogens (tertiary/aromatic N) is 2. The molecule has 1 aliphatic rings. The number of carbonyl (C=O) groups excluding carboxylic acids is 1. The van der Waals surface area contributed by atoms with Crippen molar-refractivity contribution in [2.45, 2.75) is 32.7 Å². The van der Waals surface area contributed by atoms with E-state index in [1.807, 2.05) is 20.2 Å². The van der Waals surface area contributed by atoms with Crippen LogP contribution >= 0.6 is 0 Å². The lowest BCUT2D eigenvalue weighted by atomic mass is 10.0. The van der Waals surface area contributed by atoms with Crippen LogP contribution in [0.1, 0.15) is 26.0 Å². The molecular weight excluding hydrogens is 256 g/mol. The summed E-state index contributed by atoms with van der Waals surface area (Å²) >= 11 is 0. The lowest BCUT2D eigenvalue weighted by Crippen LogP contribution is -2.41. The molecule has 0 bridgehead atoms. The highest BCUT2D eigenvalue weighted by atomic mass is 16.5. The van der Waals surface area contributed by atoms with E-state index in [0.717, 1.165) is 30.8 Å². The number of aromatic nitrogens is 2.